The monoisotopic (exact) mass is 427 g/mol. The van der Waals surface area contributed by atoms with Crippen LogP contribution in [0.5, 0.6) is 5.75 Å². The van der Waals surface area contributed by atoms with Crippen molar-refractivity contribution in [2.24, 2.45) is 0 Å². The van der Waals surface area contributed by atoms with E-state index in [-0.39, 0.29) is 5.91 Å². The molecule has 1 aliphatic carbocycles. The standard InChI is InChI=1S/C21H22ClN5O3/c1-29-16-10-13(20(28)27-6-8-30-9-7-27)4-5-15(16)24-21-25-18(12-2-3-12)17-14(22)11-23-19(17)26-21/h4-5,10-12H,2-3,6-9H2,1H3,(H2,23,24,25,26). The minimum atomic E-state index is -0.0298. The third-order valence-electron chi connectivity index (χ3n) is 5.47. The summed E-state index contributed by atoms with van der Waals surface area (Å²) in [5, 5.41) is 4.77. The number of aromatic nitrogens is 3. The van der Waals surface area contributed by atoms with Crippen LogP contribution in [0.25, 0.3) is 11.0 Å². The van der Waals surface area contributed by atoms with E-state index in [1.54, 1.807) is 30.3 Å². The molecule has 0 atom stereocenters. The number of halogens is 1. The number of nitrogens with one attached hydrogen (secondary N) is 2. The molecule has 1 amide bonds. The van der Waals surface area contributed by atoms with Gasteiger partial charge in [0, 0.05) is 30.8 Å². The van der Waals surface area contributed by atoms with Crippen molar-refractivity contribution in [3.05, 3.63) is 40.7 Å². The zero-order valence-corrected chi connectivity index (χ0v) is 17.3. The van der Waals surface area contributed by atoms with Gasteiger partial charge in [0.15, 0.2) is 0 Å². The molecule has 1 aromatic carbocycles. The molecule has 3 heterocycles. The van der Waals surface area contributed by atoms with Crippen LogP contribution in [0.15, 0.2) is 24.4 Å². The highest BCUT2D eigenvalue weighted by Crippen LogP contribution is 2.44. The highest BCUT2D eigenvalue weighted by Gasteiger charge is 2.29. The fourth-order valence-electron chi connectivity index (χ4n) is 3.73. The number of morpholine rings is 1. The lowest BCUT2D eigenvalue weighted by molar-refractivity contribution is 0.0302. The highest BCUT2D eigenvalue weighted by molar-refractivity contribution is 6.35. The first kappa shape index (κ1) is 19.1. The molecule has 30 heavy (non-hydrogen) atoms. The summed E-state index contributed by atoms with van der Waals surface area (Å²) in [6.45, 7) is 2.32. The number of carbonyl (C=O) groups is 1. The maximum atomic E-state index is 12.8. The van der Waals surface area contributed by atoms with E-state index >= 15 is 0 Å². The van der Waals surface area contributed by atoms with E-state index in [0.717, 1.165) is 23.9 Å². The van der Waals surface area contributed by atoms with Gasteiger partial charge in [-0.05, 0) is 31.0 Å². The maximum absolute atomic E-state index is 12.8. The molecule has 8 nitrogen and oxygen atoms in total. The van der Waals surface area contributed by atoms with Crippen molar-refractivity contribution < 1.29 is 14.3 Å². The van der Waals surface area contributed by atoms with Crippen molar-refractivity contribution in [3.63, 3.8) is 0 Å². The number of hydrogen-bond acceptors (Lipinski definition) is 6. The van der Waals surface area contributed by atoms with Crippen molar-refractivity contribution in [3.8, 4) is 5.75 Å². The number of methoxy groups -OCH3 is 1. The molecule has 1 aliphatic heterocycles. The Morgan fingerprint density at radius 3 is 2.83 bits per heavy atom. The van der Waals surface area contributed by atoms with Gasteiger partial charge in [-0.2, -0.15) is 4.98 Å². The van der Waals surface area contributed by atoms with Crippen molar-refractivity contribution in [1.82, 2.24) is 19.9 Å². The van der Waals surface area contributed by atoms with Gasteiger partial charge >= 0.3 is 0 Å². The molecule has 2 N–H and O–H groups in total. The van der Waals surface area contributed by atoms with E-state index in [9.17, 15) is 4.79 Å². The van der Waals surface area contributed by atoms with Crippen LogP contribution in [0.4, 0.5) is 11.6 Å². The Hall–Kier alpha value is -2.84. The average molecular weight is 428 g/mol. The molecular weight excluding hydrogens is 406 g/mol. The van der Waals surface area contributed by atoms with Crippen LogP contribution in [0, 0.1) is 0 Å². The van der Waals surface area contributed by atoms with Gasteiger partial charge < -0.3 is 24.7 Å². The molecule has 5 rings (SSSR count). The Kier molecular flexibility index (Phi) is 4.96. The normalized spacial score (nSPS) is 16.7. The lowest BCUT2D eigenvalue weighted by atomic mass is 10.1. The Balaban J connectivity index is 1.44. The predicted molar refractivity (Wildman–Crippen MR) is 114 cm³/mol. The van der Waals surface area contributed by atoms with Crippen LogP contribution in [0.2, 0.25) is 5.02 Å². The fraction of sp³-hybridized carbons (Fsp3) is 0.381. The van der Waals surface area contributed by atoms with Gasteiger partial charge in [-0.3, -0.25) is 4.79 Å². The first-order valence-corrected chi connectivity index (χ1v) is 10.4. The van der Waals surface area contributed by atoms with Crippen molar-refractivity contribution in [2.75, 3.05) is 38.7 Å². The van der Waals surface area contributed by atoms with Gasteiger partial charge in [0.1, 0.15) is 11.4 Å². The summed E-state index contributed by atoms with van der Waals surface area (Å²) in [6.07, 6.45) is 3.95. The fourth-order valence-corrected chi connectivity index (χ4v) is 3.97. The van der Waals surface area contributed by atoms with Crippen LogP contribution in [0.1, 0.15) is 34.8 Å². The average Bonchev–Trinajstić information content (AvgIpc) is 3.57. The number of aromatic amines is 1. The maximum Gasteiger partial charge on any atom is 0.254 e. The molecule has 9 heteroatoms. The number of amides is 1. The van der Waals surface area contributed by atoms with Gasteiger partial charge in [-0.25, -0.2) is 4.98 Å². The summed E-state index contributed by atoms with van der Waals surface area (Å²) in [6, 6.07) is 5.35. The molecule has 1 saturated carbocycles. The Bertz CT molecular complexity index is 1110. The minimum Gasteiger partial charge on any atom is -0.495 e. The zero-order valence-electron chi connectivity index (χ0n) is 16.6. The minimum absolute atomic E-state index is 0.0298. The summed E-state index contributed by atoms with van der Waals surface area (Å²) in [4.78, 5) is 27.0. The summed E-state index contributed by atoms with van der Waals surface area (Å²) < 4.78 is 10.9. The van der Waals surface area contributed by atoms with E-state index < -0.39 is 0 Å². The third kappa shape index (κ3) is 3.57. The number of ether oxygens (including phenoxy) is 2. The van der Waals surface area contributed by atoms with E-state index in [1.807, 2.05) is 6.07 Å². The first-order chi connectivity index (χ1) is 14.6. The summed E-state index contributed by atoms with van der Waals surface area (Å²) in [5.74, 6) is 1.40. The molecule has 2 fully saturated rings. The molecule has 2 aromatic heterocycles. The van der Waals surface area contributed by atoms with Crippen LogP contribution >= 0.6 is 11.6 Å². The third-order valence-corrected chi connectivity index (χ3v) is 5.77. The largest absolute Gasteiger partial charge is 0.495 e. The molecule has 2 aliphatic rings. The lowest BCUT2D eigenvalue weighted by Gasteiger charge is -2.27. The van der Waals surface area contributed by atoms with Gasteiger partial charge in [0.05, 0.1) is 42.1 Å². The lowest BCUT2D eigenvalue weighted by Crippen LogP contribution is -2.40. The topological polar surface area (TPSA) is 92.4 Å². The van der Waals surface area contributed by atoms with Gasteiger partial charge in [-0.15, -0.1) is 0 Å². The Morgan fingerprint density at radius 2 is 2.10 bits per heavy atom. The summed E-state index contributed by atoms with van der Waals surface area (Å²) >= 11 is 6.33. The second-order valence-corrected chi connectivity index (χ2v) is 7.92. The molecule has 1 saturated heterocycles. The second kappa shape index (κ2) is 7.77. The van der Waals surface area contributed by atoms with Crippen LogP contribution < -0.4 is 10.1 Å². The number of benzene rings is 1. The van der Waals surface area contributed by atoms with Gasteiger partial charge in [0.2, 0.25) is 5.95 Å². The molecule has 0 unspecified atom stereocenters. The van der Waals surface area contributed by atoms with Crippen LogP contribution in [-0.4, -0.2) is 59.2 Å². The first-order valence-electron chi connectivity index (χ1n) is 10.0. The SMILES string of the molecule is COc1cc(C(=O)N2CCOCC2)ccc1Nc1nc(C2CC2)c2c(Cl)c[nH]c2n1. The van der Waals surface area contributed by atoms with E-state index in [2.05, 4.69) is 15.3 Å². The number of carbonyl (C=O) groups excluding carboxylic acids is 1. The van der Waals surface area contributed by atoms with E-state index in [4.69, 9.17) is 26.1 Å². The molecule has 0 spiro atoms. The van der Waals surface area contributed by atoms with Crippen molar-refractivity contribution in [2.45, 2.75) is 18.8 Å². The Morgan fingerprint density at radius 1 is 1.30 bits per heavy atom. The molecule has 156 valence electrons. The van der Waals surface area contributed by atoms with Crippen LogP contribution in [0.3, 0.4) is 0 Å². The number of hydrogen-bond donors (Lipinski definition) is 2. The summed E-state index contributed by atoms with van der Waals surface area (Å²) in [7, 11) is 1.58. The molecule has 3 aromatic rings. The van der Waals surface area contributed by atoms with E-state index in [0.29, 0.717) is 65.8 Å². The second-order valence-electron chi connectivity index (χ2n) is 7.51. The van der Waals surface area contributed by atoms with Gasteiger partial charge in [0.25, 0.3) is 5.91 Å². The number of nitrogens with zero attached hydrogens (tertiary/aromatic N) is 3. The number of fused-ring (bicyclic) bond motifs is 1. The Labute approximate surface area is 178 Å². The van der Waals surface area contributed by atoms with Crippen molar-refractivity contribution in [1.29, 1.82) is 0 Å². The number of H-pyrrole nitrogens is 1. The highest BCUT2D eigenvalue weighted by atomic mass is 35.5. The number of rotatable bonds is 5. The molecule has 0 radical (unpaired) electrons. The summed E-state index contributed by atoms with van der Waals surface area (Å²) in [5.41, 5.74) is 2.93. The molecule has 0 bridgehead atoms. The van der Waals surface area contributed by atoms with E-state index in [1.165, 1.54) is 0 Å². The zero-order chi connectivity index (χ0) is 20.7. The van der Waals surface area contributed by atoms with Crippen LogP contribution in [-0.2, 0) is 4.74 Å². The molecular formula is C21H22ClN5O3. The quantitative estimate of drug-likeness (QED) is 0.644. The smallest absolute Gasteiger partial charge is 0.254 e. The van der Waals surface area contributed by atoms with Gasteiger partial charge in [-0.1, -0.05) is 11.6 Å². The van der Waals surface area contributed by atoms with Crippen molar-refractivity contribution >= 4 is 40.2 Å². The number of anilines is 2. The predicted octanol–water partition coefficient (Wildman–Crippen LogP) is 3.71.